The summed E-state index contributed by atoms with van der Waals surface area (Å²) in [5.41, 5.74) is 2.72. The van der Waals surface area contributed by atoms with Crippen LogP contribution in [0.1, 0.15) is 51.9 Å². The van der Waals surface area contributed by atoms with Crippen LogP contribution in [0.2, 0.25) is 5.02 Å². The number of benzene rings is 1. The number of fused-ring (bicyclic) bond motifs is 2. The van der Waals surface area contributed by atoms with Gasteiger partial charge in [0.05, 0.1) is 25.4 Å². The van der Waals surface area contributed by atoms with Gasteiger partial charge in [0.1, 0.15) is 23.6 Å². The second kappa shape index (κ2) is 12.5. The smallest absolute Gasteiger partial charge is 0.439 e. The van der Waals surface area contributed by atoms with Crippen LogP contribution in [-0.2, 0) is 16.0 Å². The van der Waals surface area contributed by atoms with Gasteiger partial charge in [-0.25, -0.2) is 14.8 Å². The first-order valence-electron chi connectivity index (χ1n) is 15.6. The minimum atomic E-state index is -0.680. The lowest BCUT2D eigenvalue weighted by Crippen LogP contribution is -2.49. The normalized spacial score (nSPS) is 23.8. The highest BCUT2D eigenvalue weighted by molar-refractivity contribution is 6.31. The number of methoxy groups -OCH3 is 1. The van der Waals surface area contributed by atoms with Gasteiger partial charge >= 0.3 is 5.76 Å². The highest BCUT2D eigenvalue weighted by Crippen LogP contribution is 2.40. The zero-order chi connectivity index (χ0) is 30.2. The number of hydrogen-bond acceptors (Lipinski definition) is 10. The topological polar surface area (TPSA) is 133 Å². The Morgan fingerprint density at radius 1 is 1.07 bits per heavy atom. The Morgan fingerprint density at radius 3 is 2.73 bits per heavy atom. The number of nitrogens with one attached hydrogen (secondary N) is 1. The predicted molar refractivity (Wildman–Crippen MR) is 165 cm³/mol. The van der Waals surface area contributed by atoms with Crippen LogP contribution < -0.4 is 15.4 Å². The lowest BCUT2D eigenvalue weighted by atomic mass is 9.83. The van der Waals surface area contributed by atoms with Crippen molar-refractivity contribution in [2.75, 3.05) is 38.4 Å². The SMILES string of the molecule is COCCOc1cc(Cl)cc(-c2nc(-c3noc(=O)[nH]3)nc3nc(N4CCOC5CCCC54)n(CC4CCC(C)CC4)c23)c1. The van der Waals surface area contributed by atoms with Crippen molar-refractivity contribution in [3.63, 3.8) is 0 Å². The van der Waals surface area contributed by atoms with Crippen LogP contribution in [-0.4, -0.2) is 75.3 Å². The highest BCUT2D eigenvalue weighted by Gasteiger charge is 2.39. The maximum atomic E-state index is 11.9. The third-order valence-electron chi connectivity index (χ3n) is 9.25. The molecule has 0 bridgehead atoms. The van der Waals surface area contributed by atoms with E-state index >= 15 is 0 Å². The number of nitrogens with zero attached hydrogens (tertiary/aromatic N) is 6. The molecule has 2 atom stereocenters. The van der Waals surface area contributed by atoms with Crippen molar-refractivity contribution in [1.29, 1.82) is 0 Å². The van der Waals surface area contributed by atoms with Crippen LogP contribution in [0.3, 0.4) is 0 Å². The average Bonchev–Trinajstić information content (AvgIpc) is 3.76. The van der Waals surface area contributed by atoms with Crippen molar-refractivity contribution in [3.8, 4) is 28.7 Å². The van der Waals surface area contributed by atoms with E-state index in [1.165, 1.54) is 25.7 Å². The number of H-pyrrole nitrogens is 1. The minimum absolute atomic E-state index is 0.136. The number of aromatic nitrogens is 6. The van der Waals surface area contributed by atoms with Gasteiger partial charge in [0.15, 0.2) is 5.65 Å². The van der Waals surface area contributed by atoms with Gasteiger partial charge < -0.3 is 23.7 Å². The molecular weight excluding hydrogens is 586 g/mol. The molecule has 44 heavy (non-hydrogen) atoms. The zero-order valence-corrected chi connectivity index (χ0v) is 25.9. The van der Waals surface area contributed by atoms with Crippen molar-refractivity contribution >= 4 is 28.7 Å². The van der Waals surface area contributed by atoms with Crippen LogP contribution in [0.4, 0.5) is 5.95 Å². The number of hydrogen-bond donors (Lipinski definition) is 1. The van der Waals surface area contributed by atoms with Crippen LogP contribution in [0, 0.1) is 11.8 Å². The Morgan fingerprint density at radius 2 is 1.93 bits per heavy atom. The van der Waals surface area contributed by atoms with Crippen molar-refractivity contribution in [2.45, 2.75) is 70.6 Å². The van der Waals surface area contributed by atoms with E-state index in [0.717, 1.165) is 55.3 Å². The zero-order valence-electron chi connectivity index (χ0n) is 25.1. The van der Waals surface area contributed by atoms with Crippen molar-refractivity contribution in [1.82, 2.24) is 29.7 Å². The molecule has 234 valence electrons. The quantitative estimate of drug-likeness (QED) is 0.251. The molecule has 3 aliphatic rings. The van der Waals surface area contributed by atoms with Crippen molar-refractivity contribution in [2.24, 2.45) is 11.8 Å². The fourth-order valence-corrected chi connectivity index (χ4v) is 7.24. The van der Waals surface area contributed by atoms with E-state index in [9.17, 15) is 4.79 Å². The van der Waals surface area contributed by atoms with Gasteiger partial charge in [0.2, 0.25) is 17.6 Å². The lowest BCUT2D eigenvalue weighted by molar-refractivity contribution is 0.0247. The highest BCUT2D eigenvalue weighted by atomic mass is 35.5. The van der Waals surface area contributed by atoms with Gasteiger partial charge in [0.25, 0.3) is 0 Å². The summed E-state index contributed by atoms with van der Waals surface area (Å²) in [7, 11) is 1.63. The molecule has 3 fully saturated rings. The summed E-state index contributed by atoms with van der Waals surface area (Å²) in [6.07, 6.45) is 8.23. The van der Waals surface area contributed by atoms with Crippen molar-refractivity contribution < 1.29 is 18.7 Å². The molecule has 13 heteroatoms. The summed E-state index contributed by atoms with van der Waals surface area (Å²) in [6.45, 7) is 5.39. The molecule has 2 saturated carbocycles. The molecule has 12 nitrogen and oxygen atoms in total. The largest absolute Gasteiger partial charge is 0.491 e. The van der Waals surface area contributed by atoms with E-state index in [-0.39, 0.29) is 23.8 Å². The van der Waals surface area contributed by atoms with Crippen LogP contribution >= 0.6 is 11.6 Å². The fraction of sp³-hybridized carbons (Fsp3) is 0.581. The van der Waals surface area contributed by atoms with Crippen LogP contribution in [0.15, 0.2) is 27.5 Å². The molecule has 0 spiro atoms. The average molecular weight is 624 g/mol. The molecule has 1 N–H and O–H groups in total. The van der Waals surface area contributed by atoms with Gasteiger partial charge in [-0.1, -0.05) is 36.5 Å². The first-order valence-corrected chi connectivity index (χ1v) is 16.0. The van der Waals surface area contributed by atoms with Gasteiger partial charge in [-0.2, -0.15) is 4.98 Å². The molecule has 0 radical (unpaired) electrons. The molecule has 0 amide bonds. The van der Waals surface area contributed by atoms with E-state index in [2.05, 4.69) is 26.5 Å². The van der Waals surface area contributed by atoms with Gasteiger partial charge in [-0.05, 0) is 62.1 Å². The summed E-state index contributed by atoms with van der Waals surface area (Å²) in [6, 6.07) is 5.82. The second-order valence-electron chi connectivity index (χ2n) is 12.3. The maximum Gasteiger partial charge on any atom is 0.439 e. The van der Waals surface area contributed by atoms with E-state index < -0.39 is 5.76 Å². The molecular formula is C31H38ClN7O5. The first-order chi connectivity index (χ1) is 21.5. The number of rotatable bonds is 9. The number of aromatic amines is 1. The summed E-state index contributed by atoms with van der Waals surface area (Å²) >= 11 is 6.65. The molecule has 7 rings (SSSR count). The predicted octanol–water partition coefficient (Wildman–Crippen LogP) is 5.10. The molecule has 3 aromatic heterocycles. The molecule has 4 heterocycles. The summed E-state index contributed by atoms with van der Waals surface area (Å²) in [5.74, 6) is 2.41. The second-order valence-corrected chi connectivity index (χ2v) is 12.7. The minimum Gasteiger partial charge on any atom is -0.491 e. The summed E-state index contributed by atoms with van der Waals surface area (Å²) < 4.78 is 24.4. The molecule has 2 unspecified atom stereocenters. The molecule has 1 saturated heterocycles. The molecule has 1 aromatic carbocycles. The molecule has 1 aliphatic heterocycles. The van der Waals surface area contributed by atoms with E-state index in [1.54, 1.807) is 13.2 Å². The maximum absolute atomic E-state index is 11.9. The van der Waals surface area contributed by atoms with Gasteiger partial charge in [-0.15, -0.1) is 0 Å². The Labute approximate surface area is 260 Å². The Hall–Kier alpha value is -3.48. The lowest BCUT2D eigenvalue weighted by Gasteiger charge is -2.39. The molecule has 2 aliphatic carbocycles. The number of morpholine rings is 1. The first kappa shape index (κ1) is 29.2. The molecule has 4 aromatic rings. The number of ether oxygens (including phenoxy) is 3. The third-order valence-corrected chi connectivity index (χ3v) is 9.47. The van der Waals surface area contributed by atoms with E-state index in [4.69, 9.17) is 45.3 Å². The van der Waals surface area contributed by atoms with Crippen LogP contribution in [0.25, 0.3) is 34.1 Å². The van der Waals surface area contributed by atoms with Gasteiger partial charge in [-0.3, -0.25) is 9.51 Å². The van der Waals surface area contributed by atoms with Crippen LogP contribution in [0.5, 0.6) is 5.75 Å². The van der Waals surface area contributed by atoms with Gasteiger partial charge in [0, 0.05) is 30.8 Å². The Kier molecular flexibility index (Phi) is 8.30. The monoisotopic (exact) mass is 623 g/mol. The number of imidazole rings is 1. The Balaban J connectivity index is 1.42. The van der Waals surface area contributed by atoms with E-state index in [1.807, 2.05) is 12.1 Å². The third kappa shape index (κ3) is 5.82. The number of halogens is 1. The van der Waals surface area contributed by atoms with E-state index in [0.29, 0.717) is 47.9 Å². The Bertz CT molecular complexity index is 1680. The van der Waals surface area contributed by atoms with Crippen molar-refractivity contribution in [3.05, 3.63) is 33.8 Å². The number of anilines is 1. The summed E-state index contributed by atoms with van der Waals surface area (Å²) in [5, 5.41) is 4.39. The standard InChI is InChI=1S/C31H38ClN7O5/c1-18-6-8-19(9-7-18)17-39-26-25(20-14-21(32)16-22(15-20)42-13-12-41-2)33-28(29-36-31(40)44-37-29)34-27(26)35-30(39)38-10-11-43-24-5-3-4-23(24)38/h14-16,18-19,23-24H,3-13,17H2,1-2H3,(H,36,37,40). The summed E-state index contributed by atoms with van der Waals surface area (Å²) in [4.78, 5) is 31.9. The fourth-order valence-electron chi connectivity index (χ4n) is 7.02.